The number of likely N-dealkylation sites (tertiary alicyclic amines) is 1. The summed E-state index contributed by atoms with van der Waals surface area (Å²) in [4.78, 5) is 27.5. The topological polar surface area (TPSA) is 66.8 Å². The third-order valence-electron chi connectivity index (χ3n) is 5.81. The Balaban J connectivity index is 2.05. The summed E-state index contributed by atoms with van der Waals surface area (Å²) >= 11 is 0. The molecule has 1 unspecified atom stereocenters. The van der Waals surface area contributed by atoms with Crippen molar-refractivity contribution in [1.82, 2.24) is 4.90 Å². The second-order valence-electron chi connectivity index (χ2n) is 8.54. The molecule has 0 bridgehead atoms. The van der Waals surface area contributed by atoms with E-state index >= 15 is 0 Å². The van der Waals surface area contributed by atoms with Crippen molar-refractivity contribution in [3.05, 3.63) is 70.8 Å². The maximum atomic E-state index is 13.0. The number of ether oxygens (including phenoxy) is 1. The van der Waals surface area contributed by atoms with Gasteiger partial charge in [-0.25, -0.2) is 0 Å². The molecule has 1 saturated heterocycles. The van der Waals surface area contributed by atoms with Gasteiger partial charge in [0.15, 0.2) is 0 Å². The molecular weight excluding hydrogens is 402 g/mol. The molecule has 32 heavy (non-hydrogen) atoms. The minimum Gasteiger partial charge on any atom is -0.507 e. The van der Waals surface area contributed by atoms with Gasteiger partial charge in [0.25, 0.3) is 11.7 Å². The number of hydrogen-bond acceptors (Lipinski definition) is 4. The molecule has 5 heteroatoms. The fraction of sp³-hybridized carbons (Fsp3) is 0.407. The molecule has 2 aromatic carbocycles. The summed E-state index contributed by atoms with van der Waals surface area (Å²) in [5.41, 5.74) is 2.65. The van der Waals surface area contributed by atoms with Crippen LogP contribution < -0.4 is 4.74 Å². The molecule has 0 spiro atoms. The SMILES string of the molecule is CCCCN1C(=O)C(=O)/C(=C(\O)c2ccc(OCCC)cc2)C1c1ccc(C(C)C)cc1. The summed E-state index contributed by atoms with van der Waals surface area (Å²) < 4.78 is 5.61. The van der Waals surface area contributed by atoms with Crippen molar-refractivity contribution in [1.29, 1.82) is 0 Å². The Morgan fingerprint density at radius 2 is 1.66 bits per heavy atom. The number of carbonyl (C=O) groups excluding carboxylic acids is 2. The van der Waals surface area contributed by atoms with Crippen LogP contribution in [-0.2, 0) is 9.59 Å². The third kappa shape index (κ3) is 4.87. The lowest BCUT2D eigenvalue weighted by Gasteiger charge is -2.25. The van der Waals surface area contributed by atoms with E-state index < -0.39 is 17.7 Å². The summed E-state index contributed by atoms with van der Waals surface area (Å²) in [6.07, 6.45) is 2.59. The highest BCUT2D eigenvalue weighted by molar-refractivity contribution is 6.46. The van der Waals surface area contributed by atoms with Gasteiger partial charge in [-0.1, -0.05) is 58.4 Å². The maximum absolute atomic E-state index is 13.0. The molecule has 1 aliphatic heterocycles. The van der Waals surface area contributed by atoms with Gasteiger partial charge >= 0.3 is 0 Å². The fourth-order valence-electron chi connectivity index (χ4n) is 3.93. The predicted molar refractivity (Wildman–Crippen MR) is 127 cm³/mol. The number of aliphatic hydroxyl groups is 1. The first-order valence-electron chi connectivity index (χ1n) is 11.5. The highest BCUT2D eigenvalue weighted by Gasteiger charge is 2.45. The highest BCUT2D eigenvalue weighted by atomic mass is 16.5. The molecule has 5 nitrogen and oxygen atoms in total. The standard InChI is InChI=1S/C27H33NO4/c1-5-7-16-28-24(20-10-8-19(9-11-20)18(3)4)23(26(30)27(28)31)25(29)21-12-14-22(15-13-21)32-17-6-2/h8-15,18,24,29H,5-7,16-17H2,1-4H3/b25-23-. The van der Waals surface area contributed by atoms with Crippen molar-refractivity contribution in [2.75, 3.05) is 13.2 Å². The number of Topliss-reactive ketones (excluding diaryl/α,β-unsaturated/α-hetero) is 1. The Bertz CT molecular complexity index is 974. The number of amides is 1. The number of aliphatic hydroxyl groups excluding tert-OH is 1. The van der Waals surface area contributed by atoms with E-state index in [1.54, 1.807) is 29.2 Å². The average Bonchev–Trinajstić information content (AvgIpc) is 3.06. The van der Waals surface area contributed by atoms with Gasteiger partial charge in [0.2, 0.25) is 0 Å². The molecule has 1 heterocycles. The Morgan fingerprint density at radius 1 is 1.00 bits per heavy atom. The van der Waals surface area contributed by atoms with Crippen LogP contribution in [0.1, 0.15) is 75.6 Å². The summed E-state index contributed by atoms with van der Waals surface area (Å²) in [7, 11) is 0. The van der Waals surface area contributed by atoms with E-state index in [0.29, 0.717) is 30.4 Å². The summed E-state index contributed by atoms with van der Waals surface area (Å²) in [5.74, 6) is -0.262. The number of unbranched alkanes of at least 4 members (excludes halogenated alkanes) is 1. The average molecular weight is 436 g/mol. The van der Waals surface area contributed by atoms with Crippen molar-refractivity contribution in [3.63, 3.8) is 0 Å². The van der Waals surface area contributed by atoms with Gasteiger partial charge in [0.1, 0.15) is 11.5 Å². The Kier molecular flexibility index (Phi) is 7.73. The zero-order chi connectivity index (χ0) is 23.3. The van der Waals surface area contributed by atoms with Crippen LogP contribution in [0.4, 0.5) is 0 Å². The van der Waals surface area contributed by atoms with E-state index in [0.717, 1.165) is 24.8 Å². The predicted octanol–water partition coefficient (Wildman–Crippen LogP) is 5.82. The monoisotopic (exact) mass is 435 g/mol. The van der Waals surface area contributed by atoms with Gasteiger partial charge in [-0.2, -0.15) is 0 Å². The van der Waals surface area contributed by atoms with Gasteiger partial charge in [-0.3, -0.25) is 9.59 Å². The van der Waals surface area contributed by atoms with Crippen LogP contribution in [0, 0.1) is 0 Å². The van der Waals surface area contributed by atoms with E-state index in [-0.39, 0.29) is 11.3 Å². The molecule has 1 atom stereocenters. The van der Waals surface area contributed by atoms with Crippen LogP contribution in [0.15, 0.2) is 54.1 Å². The number of rotatable bonds is 9. The number of nitrogens with zero attached hydrogens (tertiary/aromatic N) is 1. The fourth-order valence-corrected chi connectivity index (χ4v) is 3.93. The number of hydrogen-bond donors (Lipinski definition) is 1. The van der Waals surface area contributed by atoms with E-state index in [2.05, 4.69) is 13.8 Å². The second-order valence-corrected chi connectivity index (χ2v) is 8.54. The van der Waals surface area contributed by atoms with Gasteiger partial charge in [0, 0.05) is 12.1 Å². The zero-order valence-electron chi connectivity index (χ0n) is 19.4. The largest absolute Gasteiger partial charge is 0.507 e. The molecule has 1 N–H and O–H groups in total. The first kappa shape index (κ1) is 23.6. The molecule has 0 saturated carbocycles. The van der Waals surface area contributed by atoms with Crippen molar-refractivity contribution in [3.8, 4) is 5.75 Å². The van der Waals surface area contributed by atoms with E-state index in [1.165, 1.54) is 5.56 Å². The molecule has 170 valence electrons. The first-order valence-corrected chi connectivity index (χ1v) is 11.5. The van der Waals surface area contributed by atoms with Crippen molar-refractivity contribution >= 4 is 17.4 Å². The van der Waals surface area contributed by atoms with Crippen LogP contribution in [0.3, 0.4) is 0 Å². The lowest BCUT2D eigenvalue weighted by molar-refractivity contribution is -0.139. The maximum Gasteiger partial charge on any atom is 0.295 e. The highest BCUT2D eigenvalue weighted by Crippen LogP contribution is 2.40. The molecule has 0 aliphatic carbocycles. The Hall–Kier alpha value is -3.08. The van der Waals surface area contributed by atoms with Crippen molar-refractivity contribution < 1.29 is 19.4 Å². The van der Waals surface area contributed by atoms with Crippen molar-refractivity contribution in [2.45, 2.75) is 58.9 Å². The van der Waals surface area contributed by atoms with Crippen LogP contribution in [0.2, 0.25) is 0 Å². The van der Waals surface area contributed by atoms with Crippen LogP contribution >= 0.6 is 0 Å². The molecule has 1 aliphatic rings. The minimum atomic E-state index is -0.636. The van der Waals surface area contributed by atoms with Crippen LogP contribution in [0.5, 0.6) is 5.75 Å². The smallest absolute Gasteiger partial charge is 0.295 e. The Labute approximate surface area is 190 Å². The van der Waals surface area contributed by atoms with Crippen molar-refractivity contribution in [2.24, 2.45) is 0 Å². The zero-order valence-corrected chi connectivity index (χ0v) is 19.4. The quantitative estimate of drug-likeness (QED) is 0.306. The number of ketones is 1. The molecular formula is C27H33NO4. The lowest BCUT2D eigenvalue weighted by atomic mass is 9.93. The van der Waals surface area contributed by atoms with Gasteiger partial charge < -0.3 is 14.7 Å². The summed E-state index contributed by atoms with van der Waals surface area (Å²) in [5, 5.41) is 11.1. The Morgan fingerprint density at radius 3 is 2.22 bits per heavy atom. The van der Waals surface area contributed by atoms with Crippen LogP contribution in [0.25, 0.3) is 5.76 Å². The molecule has 3 rings (SSSR count). The van der Waals surface area contributed by atoms with E-state index in [1.807, 2.05) is 38.1 Å². The summed E-state index contributed by atoms with van der Waals surface area (Å²) in [6.45, 7) is 9.40. The van der Waals surface area contributed by atoms with Gasteiger partial charge in [-0.05, 0) is 54.2 Å². The van der Waals surface area contributed by atoms with Gasteiger partial charge in [0.05, 0.1) is 18.2 Å². The van der Waals surface area contributed by atoms with Crippen LogP contribution in [-0.4, -0.2) is 34.8 Å². The third-order valence-corrected chi connectivity index (χ3v) is 5.81. The van der Waals surface area contributed by atoms with E-state index in [4.69, 9.17) is 4.74 Å². The molecule has 2 aromatic rings. The normalized spacial score (nSPS) is 17.9. The molecule has 0 radical (unpaired) electrons. The van der Waals surface area contributed by atoms with Gasteiger partial charge in [-0.15, -0.1) is 0 Å². The number of benzene rings is 2. The molecule has 1 fully saturated rings. The molecule has 0 aromatic heterocycles. The lowest BCUT2D eigenvalue weighted by Crippen LogP contribution is -2.30. The molecule has 1 amide bonds. The van der Waals surface area contributed by atoms with E-state index in [9.17, 15) is 14.7 Å². The summed E-state index contributed by atoms with van der Waals surface area (Å²) in [6, 6.07) is 14.4. The minimum absolute atomic E-state index is 0.144. The number of carbonyl (C=O) groups is 2. The second kappa shape index (κ2) is 10.5. The first-order chi connectivity index (χ1) is 15.4.